The first-order chi connectivity index (χ1) is 9.27. The first-order valence-electron chi connectivity index (χ1n) is 7.24. The van der Waals surface area contributed by atoms with Gasteiger partial charge in [-0.2, -0.15) is 0 Å². The lowest BCUT2D eigenvalue weighted by atomic mass is 9.78. The zero-order valence-electron chi connectivity index (χ0n) is 13.7. The molecule has 0 aromatic heterocycles. The molecule has 2 N–H and O–H groups in total. The van der Waals surface area contributed by atoms with Gasteiger partial charge in [-0.1, -0.05) is 33.8 Å². The Bertz CT molecular complexity index is 423. The molecule has 0 spiro atoms. The fourth-order valence-corrected chi connectivity index (χ4v) is 2.20. The predicted octanol–water partition coefficient (Wildman–Crippen LogP) is 3.65. The van der Waals surface area contributed by atoms with Gasteiger partial charge in [-0.3, -0.25) is 0 Å². The highest BCUT2D eigenvalue weighted by atomic mass is 16.5. The largest absolute Gasteiger partial charge is 0.493 e. The van der Waals surface area contributed by atoms with E-state index in [-0.39, 0.29) is 6.04 Å². The van der Waals surface area contributed by atoms with E-state index in [1.165, 1.54) is 5.56 Å². The van der Waals surface area contributed by atoms with Crippen LogP contribution in [0, 0.1) is 11.3 Å². The van der Waals surface area contributed by atoms with Crippen molar-refractivity contribution in [3.05, 3.63) is 23.8 Å². The van der Waals surface area contributed by atoms with Gasteiger partial charge in [0, 0.05) is 6.04 Å². The number of methoxy groups -OCH3 is 2. The molecular formula is C17H29NO2. The number of benzene rings is 1. The van der Waals surface area contributed by atoms with Crippen LogP contribution in [0.15, 0.2) is 18.2 Å². The van der Waals surface area contributed by atoms with E-state index in [1.54, 1.807) is 14.2 Å². The molecule has 0 bridgehead atoms. The maximum Gasteiger partial charge on any atom is 0.160 e. The summed E-state index contributed by atoms with van der Waals surface area (Å²) in [5.74, 6) is 2.12. The molecule has 114 valence electrons. The van der Waals surface area contributed by atoms with Crippen molar-refractivity contribution in [3.8, 4) is 11.5 Å². The van der Waals surface area contributed by atoms with Gasteiger partial charge in [0.05, 0.1) is 14.2 Å². The van der Waals surface area contributed by atoms with Crippen molar-refractivity contribution in [1.82, 2.24) is 0 Å². The van der Waals surface area contributed by atoms with Gasteiger partial charge < -0.3 is 15.2 Å². The first-order valence-corrected chi connectivity index (χ1v) is 7.24. The second-order valence-electron chi connectivity index (χ2n) is 6.66. The Balaban J connectivity index is 2.69. The van der Waals surface area contributed by atoms with Gasteiger partial charge in [0.25, 0.3) is 0 Å². The summed E-state index contributed by atoms with van der Waals surface area (Å²) >= 11 is 0. The van der Waals surface area contributed by atoms with Gasteiger partial charge in [0.15, 0.2) is 11.5 Å². The van der Waals surface area contributed by atoms with E-state index in [2.05, 4.69) is 33.8 Å². The third-order valence-corrected chi connectivity index (χ3v) is 4.08. The Morgan fingerprint density at radius 1 is 1.10 bits per heavy atom. The molecule has 1 aromatic carbocycles. The Hall–Kier alpha value is -1.22. The van der Waals surface area contributed by atoms with Crippen molar-refractivity contribution in [1.29, 1.82) is 0 Å². The van der Waals surface area contributed by atoms with Crippen LogP contribution in [-0.2, 0) is 6.42 Å². The van der Waals surface area contributed by atoms with Crippen LogP contribution in [0.4, 0.5) is 0 Å². The van der Waals surface area contributed by atoms with E-state index < -0.39 is 0 Å². The van der Waals surface area contributed by atoms with E-state index in [1.807, 2.05) is 12.1 Å². The van der Waals surface area contributed by atoms with E-state index >= 15 is 0 Å². The number of nitrogens with two attached hydrogens (primary N) is 1. The normalized spacial score (nSPS) is 14.8. The number of ether oxygens (including phenoxy) is 2. The highest BCUT2D eigenvalue weighted by molar-refractivity contribution is 5.43. The van der Waals surface area contributed by atoms with E-state index in [0.717, 1.165) is 24.3 Å². The summed E-state index contributed by atoms with van der Waals surface area (Å²) in [5, 5.41) is 0. The van der Waals surface area contributed by atoms with E-state index in [9.17, 15) is 0 Å². The van der Waals surface area contributed by atoms with Gasteiger partial charge >= 0.3 is 0 Å². The molecule has 0 fully saturated rings. The minimum absolute atomic E-state index is 0.169. The lowest BCUT2D eigenvalue weighted by Gasteiger charge is -2.29. The Labute approximate surface area is 123 Å². The number of hydrogen-bond acceptors (Lipinski definition) is 3. The maximum absolute atomic E-state index is 6.29. The van der Waals surface area contributed by atoms with Crippen LogP contribution in [0.5, 0.6) is 11.5 Å². The summed E-state index contributed by atoms with van der Waals surface area (Å²) < 4.78 is 10.6. The summed E-state index contributed by atoms with van der Waals surface area (Å²) in [6, 6.07) is 6.18. The van der Waals surface area contributed by atoms with Crippen molar-refractivity contribution in [2.45, 2.75) is 46.6 Å². The lowest BCUT2D eigenvalue weighted by molar-refractivity contribution is 0.233. The molecule has 0 saturated heterocycles. The van der Waals surface area contributed by atoms with E-state index in [0.29, 0.717) is 11.3 Å². The van der Waals surface area contributed by atoms with Crippen molar-refractivity contribution < 1.29 is 9.47 Å². The minimum Gasteiger partial charge on any atom is -0.493 e. The van der Waals surface area contributed by atoms with Crippen LogP contribution in [-0.4, -0.2) is 20.3 Å². The van der Waals surface area contributed by atoms with Crippen molar-refractivity contribution in [2.75, 3.05) is 14.2 Å². The third-order valence-electron chi connectivity index (χ3n) is 4.08. The molecule has 3 nitrogen and oxygen atoms in total. The molecule has 1 aromatic rings. The standard InChI is InChI=1S/C17H29NO2/c1-12(17(2,3)4)9-14(18)10-13-7-8-15(19-5)16(11-13)20-6/h7-8,11-12,14H,9-10,18H2,1-6H3. The number of hydrogen-bond donors (Lipinski definition) is 1. The van der Waals surface area contributed by atoms with E-state index in [4.69, 9.17) is 15.2 Å². The SMILES string of the molecule is COc1ccc(CC(N)CC(C)C(C)(C)C)cc1OC. The zero-order chi connectivity index (χ0) is 15.3. The highest BCUT2D eigenvalue weighted by Gasteiger charge is 2.22. The Morgan fingerprint density at radius 3 is 2.20 bits per heavy atom. The van der Waals surface area contributed by atoms with Gasteiger partial charge in [0.2, 0.25) is 0 Å². The average molecular weight is 279 g/mol. The third kappa shape index (κ3) is 4.71. The van der Waals surface area contributed by atoms with Crippen LogP contribution in [0.3, 0.4) is 0 Å². The molecule has 0 aliphatic carbocycles. The van der Waals surface area contributed by atoms with Crippen molar-refractivity contribution in [3.63, 3.8) is 0 Å². The minimum atomic E-state index is 0.169. The molecular weight excluding hydrogens is 250 g/mol. The van der Waals surface area contributed by atoms with Crippen LogP contribution in [0.2, 0.25) is 0 Å². The molecule has 20 heavy (non-hydrogen) atoms. The first kappa shape index (κ1) is 16.8. The smallest absolute Gasteiger partial charge is 0.160 e. The summed E-state index contributed by atoms with van der Waals surface area (Å²) in [4.78, 5) is 0. The van der Waals surface area contributed by atoms with Crippen LogP contribution in [0.1, 0.15) is 39.7 Å². The van der Waals surface area contributed by atoms with Crippen LogP contribution in [0.25, 0.3) is 0 Å². The molecule has 1 rings (SSSR count). The summed E-state index contributed by atoms with van der Waals surface area (Å²) in [7, 11) is 3.30. The van der Waals surface area contributed by atoms with Gasteiger partial charge in [-0.25, -0.2) is 0 Å². The molecule has 0 saturated carbocycles. The Kier molecular flexibility index (Phi) is 5.88. The van der Waals surface area contributed by atoms with Crippen molar-refractivity contribution in [2.24, 2.45) is 17.1 Å². The molecule has 0 amide bonds. The summed E-state index contributed by atoms with van der Waals surface area (Å²) in [6.07, 6.45) is 1.89. The van der Waals surface area contributed by atoms with Crippen LogP contribution >= 0.6 is 0 Å². The van der Waals surface area contributed by atoms with Crippen molar-refractivity contribution >= 4 is 0 Å². The van der Waals surface area contributed by atoms with Gasteiger partial charge in [0.1, 0.15) is 0 Å². The quantitative estimate of drug-likeness (QED) is 0.864. The zero-order valence-corrected chi connectivity index (χ0v) is 13.7. The number of rotatable bonds is 6. The lowest BCUT2D eigenvalue weighted by Crippen LogP contribution is -2.30. The topological polar surface area (TPSA) is 44.5 Å². The molecule has 3 heteroatoms. The Morgan fingerprint density at radius 2 is 1.70 bits per heavy atom. The maximum atomic E-state index is 6.29. The molecule has 0 aliphatic heterocycles. The predicted molar refractivity (Wildman–Crippen MR) is 84.5 cm³/mol. The molecule has 0 heterocycles. The highest BCUT2D eigenvalue weighted by Crippen LogP contribution is 2.31. The monoisotopic (exact) mass is 279 g/mol. The molecule has 2 atom stereocenters. The molecule has 2 unspecified atom stereocenters. The fraction of sp³-hybridized carbons (Fsp3) is 0.647. The summed E-state index contributed by atoms with van der Waals surface area (Å²) in [6.45, 7) is 9.07. The fourth-order valence-electron chi connectivity index (χ4n) is 2.20. The summed E-state index contributed by atoms with van der Waals surface area (Å²) in [5.41, 5.74) is 7.79. The molecule has 0 aliphatic rings. The second-order valence-corrected chi connectivity index (χ2v) is 6.66. The van der Waals surface area contributed by atoms with Gasteiger partial charge in [-0.05, 0) is 41.9 Å². The van der Waals surface area contributed by atoms with Crippen LogP contribution < -0.4 is 15.2 Å². The second kappa shape index (κ2) is 6.98. The average Bonchev–Trinajstić information content (AvgIpc) is 2.37. The van der Waals surface area contributed by atoms with Gasteiger partial charge in [-0.15, -0.1) is 0 Å². The molecule has 0 radical (unpaired) electrons.